The van der Waals surface area contributed by atoms with Crippen molar-refractivity contribution in [3.8, 4) is 11.1 Å². The van der Waals surface area contributed by atoms with Crippen molar-refractivity contribution in [3.05, 3.63) is 54.4 Å². The van der Waals surface area contributed by atoms with Gasteiger partial charge in [-0.15, -0.1) is 0 Å². The lowest BCUT2D eigenvalue weighted by Crippen LogP contribution is -2.54. The summed E-state index contributed by atoms with van der Waals surface area (Å²) in [6.45, 7) is 1.63. The van der Waals surface area contributed by atoms with Crippen LogP contribution in [0.1, 0.15) is 5.56 Å². The monoisotopic (exact) mass is 281 g/mol. The van der Waals surface area contributed by atoms with Gasteiger partial charge in [0.25, 0.3) is 0 Å². The number of pyridine rings is 1. The summed E-state index contributed by atoms with van der Waals surface area (Å²) in [6.07, 6.45) is 4.30. The fourth-order valence-electron chi connectivity index (χ4n) is 2.76. The molecule has 1 aromatic carbocycles. The molecule has 0 radical (unpaired) electrons. The van der Waals surface area contributed by atoms with Crippen molar-refractivity contribution < 1.29 is 4.79 Å². The highest BCUT2D eigenvalue weighted by atomic mass is 16.2. The second-order valence-corrected chi connectivity index (χ2v) is 5.36. The third-order valence-electron chi connectivity index (χ3n) is 3.94. The molecule has 0 spiro atoms. The number of amides is 1. The molecule has 1 saturated heterocycles. The number of carbonyl (C=O) groups excluding carboxylic acids is 1. The molecule has 21 heavy (non-hydrogen) atoms. The number of hydrogen-bond acceptors (Lipinski definition) is 3. The standard InChI is InChI=1S/C17H19N3O/c1-20-11-10-19-16(17(20)21)12-14-4-2-3-5-15(14)13-6-8-18-9-7-13/h2-9,16,19H,10-12H2,1H3/t16-/m1/s1. The summed E-state index contributed by atoms with van der Waals surface area (Å²) in [7, 11) is 1.87. The van der Waals surface area contributed by atoms with E-state index in [4.69, 9.17) is 0 Å². The van der Waals surface area contributed by atoms with Crippen LogP contribution in [0, 0.1) is 0 Å². The summed E-state index contributed by atoms with van der Waals surface area (Å²) in [5.41, 5.74) is 3.49. The summed E-state index contributed by atoms with van der Waals surface area (Å²) in [5.74, 6) is 0.172. The van der Waals surface area contributed by atoms with Gasteiger partial charge in [-0.3, -0.25) is 9.78 Å². The minimum Gasteiger partial charge on any atom is -0.343 e. The zero-order valence-corrected chi connectivity index (χ0v) is 12.1. The van der Waals surface area contributed by atoms with E-state index < -0.39 is 0 Å². The maximum atomic E-state index is 12.2. The van der Waals surface area contributed by atoms with Gasteiger partial charge in [-0.2, -0.15) is 0 Å². The van der Waals surface area contributed by atoms with Crippen LogP contribution < -0.4 is 5.32 Å². The van der Waals surface area contributed by atoms with Gasteiger partial charge < -0.3 is 10.2 Å². The third kappa shape index (κ3) is 2.95. The molecule has 0 aliphatic carbocycles. The molecule has 1 atom stereocenters. The first-order valence-corrected chi connectivity index (χ1v) is 7.22. The van der Waals surface area contributed by atoms with E-state index in [1.807, 2.05) is 31.3 Å². The summed E-state index contributed by atoms with van der Waals surface area (Å²) in [5, 5.41) is 3.32. The molecule has 4 nitrogen and oxygen atoms in total. The lowest BCUT2D eigenvalue weighted by atomic mass is 9.94. The van der Waals surface area contributed by atoms with Gasteiger partial charge in [-0.1, -0.05) is 24.3 Å². The fraction of sp³-hybridized carbons (Fsp3) is 0.294. The predicted molar refractivity (Wildman–Crippen MR) is 82.8 cm³/mol. The maximum Gasteiger partial charge on any atom is 0.239 e. The molecule has 1 amide bonds. The van der Waals surface area contributed by atoms with Gasteiger partial charge in [0.1, 0.15) is 0 Å². The van der Waals surface area contributed by atoms with Gasteiger partial charge in [-0.05, 0) is 35.2 Å². The first-order chi connectivity index (χ1) is 10.3. The molecule has 2 aromatic rings. The minimum atomic E-state index is -0.133. The van der Waals surface area contributed by atoms with Crippen LogP contribution in [0.5, 0.6) is 0 Å². The van der Waals surface area contributed by atoms with Crippen LogP contribution in [-0.4, -0.2) is 42.0 Å². The molecule has 2 heterocycles. The number of carbonyl (C=O) groups is 1. The van der Waals surface area contributed by atoms with Crippen LogP contribution in [0.3, 0.4) is 0 Å². The van der Waals surface area contributed by atoms with E-state index in [9.17, 15) is 4.79 Å². The Morgan fingerprint density at radius 1 is 1.24 bits per heavy atom. The molecular formula is C17H19N3O. The summed E-state index contributed by atoms with van der Waals surface area (Å²) in [6, 6.07) is 12.1. The second kappa shape index (κ2) is 6.06. The van der Waals surface area contributed by atoms with Gasteiger partial charge in [0, 0.05) is 32.5 Å². The van der Waals surface area contributed by atoms with E-state index in [0.29, 0.717) is 6.42 Å². The Hall–Kier alpha value is -2.20. The van der Waals surface area contributed by atoms with Crippen molar-refractivity contribution in [2.24, 2.45) is 0 Å². The van der Waals surface area contributed by atoms with Gasteiger partial charge in [-0.25, -0.2) is 0 Å². The van der Waals surface area contributed by atoms with Gasteiger partial charge in [0.2, 0.25) is 5.91 Å². The molecule has 0 saturated carbocycles. The largest absolute Gasteiger partial charge is 0.343 e. The van der Waals surface area contributed by atoms with Crippen LogP contribution in [0.25, 0.3) is 11.1 Å². The quantitative estimate of drug-likeness (QED) is 0.932. The molecule has 1 aliphatic heterocycles. The lowest BCUT2D eigenvalue weighted by Gasteiger charge is -2.30. The minimum absolute atomic E-state index is 0.133. The van der Waals surface area contributed by atoms with E-state index in [1.165, 1.54) is 11.1 Å². The van der Waals surface area contributed by atoms with E-state index in [1.54, 1.807) is 17.3 Å². The number of likely N-dealkylation sites (N-methyl/N-ethyl adjacent to an activating group) is 1. The van der Waals surface area contributed by atoms with Gasteiger partial charge in [0.15, 0.2) is 0 Å². The Labute approximate surface area is 124 Å². The molecule has 0 unspecified atom stereocenters. The maximum absolute atomic E-state index is 12.2. The van der Waals surface area contributed by atoms with Crippen molar-refractivity contribution in [3.63, 3.8) is 0 Å². The zero-order valence-electron chi connectivity index (χ0n) is 12.1. The SMILES string of the molecule is CN1CCN[C@H](Cc2ccccc2-c2ccncc2)C1=O. The smallest absolute Gasteiger partial charge is 0.239 e. The predicted octanol–water partition coefficient (Wildman–Crippen LogP) is 1.72. The van der Waals surface area contributed by atoms with Crippen molar-refractivity contribution in [1.29, 1.82) is 0 Å². The first-order valence-electron chi connectivity index (χ1n) is 7.22. The molecule has 1 fully saturated rings. The number of nitrogens with zero attached hydrogens (tertiary/aromatic N) is 2. The number of aromatic nitrogens is 1. The lowest BCUT2D eigenvalue weighted by molar-refractivity contribution is -0.134. The number of rotatable bonds is 3. The summed E-state index contributed by atoms with van der Waals surface area (Å²) in [4.78, 5) is 18.1. The van der Waals surface area contributed by atoms with Gasteiger partial charge in [0.05, 0.1) is 6.04 Å². The fourth-order valence-corrected chi connectivity index (χ4v) is 2.76. The molecule has 3 rings (SSSR count). The highest BCUT2D eigenvalue weighted by molar-refractivity contribution is 5.83. The number of nitrogens with one attached hydrogen (secondary N) is 1. The topological polar surface area (TPSA) is 45.2 Å². The van der Waals surface area contributed by atoms with Crippen LogP contribution in [0.4, 0.5) is 0 Å². The van der Waals surface area contributed by atoms with Crippen molar-refractivity contribution >= 4 is 5.91 Å². The Morgan fingerprint density at radius 2 is 2.00 bits per heavy atom. The average Bonchev–Trinajstić information content (AvgIpc) is 2.53. The normalized spacial score (nSPS) is 18.8. The van der Waals surface area contributed by atoms with Crippen molar-refractivity contribution in [2.75, 3.05) is 20.1 Å². The van der Waals surface area contributed by atoms with Crippen LogP contribution in [0.2, 0.25) is 0 Å². The molecule has 108 valence electrons. The molecule has 1 aromatic heterocycles. The molecule has 1 N–H and O–H groups in total. The summed E-state index contributed by atoms with van der Waals surface area (Å²) < 4.78 is 0. The Bertz CT molecular complexity index is 627. The molecule has 1 aliphatic rings. The van der Waals surface area contributed by atoms with E-state index in [2.05, 4.69) is 22.4 Å². The Kier molecular flexibility index (Phi) is 3.97. The zero-order chi connectivity index (χ0) is 14.7. The van der Waals surface area contributed by atoms with E-state index in [-0.39, 0.29) is 11.9 Å². The third-order valence-corrected chi connectivity index (χ3v) is 3.94. The van der Waals surface area contributed by atoms with Crippen molar-refractivity contribution in [1.82, 2.24) is 15.2 Å². The molecule has 0 bridgehead atoms. The Balaban J connectivity index is 1.88. The highest BCUT2D eigenvalue weighted by Gasteiger charge is 2.26. The number of hydrogen-bond donors (Lipinski definition) is 1. The van der Waals surface area contributed by atoms with E-state index >= 15 is 0 Å². The van der Waals surface area contributed by atoms with Crippen LogP contribution in [0.15, 0.2) is 48.8 Å². The van der Waals surface area contributed by atoms with Crippen LogP contribution in [-0.2, 0) is 11.2 Å². The molecular weight excluding hydrogens is 262 g/mol. The summed E-state index contributed by atoms with van der Waals surface area (Å²) >= 11 is 0. The number of benzene rings is 1. The second-order valence-electron chi connectivity index (χ2n) is 5.36. The number of piperazine rings is 1. The van der Waals surface area contributed by atoms with Crippen LogP contribution >= 0.6 is 0 Å². The first kappa shape index (κ1) is 13.8. The Morgan fingerprint density at radius 3 is 2.81 bits per heavy atom. The van der Waals surface area contributed by atoms with E-state index in [0.717, 1.165) is 18.7 Å². The van der Waals surface area contributed by atoms with Gasteiger partial charge >= 0.3 is 0 Å². The highest BCUT2D eigenvalue weighted by Crippen LogP contribution is 2.24. The average molecular weight is 281 g/mol. The molecule has 4 heteroatoms. The van der Waals surface area contributed by atoms with Crippen molar-refractivity contribution in [2.45, 2.75) is 12.5 Å².